The molecular weight excluding hydrogens is 234 g/mol. The van der Waals surface area contributed by atoms with Crippen LogP contribution in [0.3, 0.4) is 0 Å². The normalized spacial score (nSPS) is 12.1. The Hall–Kier alpha value is -0.930. The first-order chi connectivity index (χ1) is 8.93. The molecule has 0 bridgehead atoms. The smallest absolute Gasteiger partial charge is 0.0547 e. The molecule has 108 valence electrons. The molecule has 1 aromatic heterocycles. The third-order valence-electron chi connectivity index (χ3n) is 3.57. The number of aryl methyl sites for hydroxylation is 1. The zero-order chi connectivity index (χ0) is 14.3. The van der Waals surface area contributed by atoms with E-state index in [0.29, 0.717) is 0 Å². The van der Waals surface area contributed by atoms with Gasteiger partial charge in [0.15, 0.2) is 0 Å². The topological polar surface area (TPSA) is 42.1 Å². The molecule has 1 rings (SSSR count). The number of nitrogens with zero attached hydrogens (tertiary/aromatic N) is 2. The summed E-state index contributed by atoms with van der Waals surface area (Å²) in [5.41, 5.74) is 8.28. The minimum atomic E-state index is 0.288. The highest BCUT2D eigenvalue weighted by Gasteiger charge is 2.14. The van der Waals surface area contributed by atoms with Crippen molar-refractivity contribution < 1.29 is 0 Å². The van der Waals surface area contributed by atoms with Gasteiger partial charge in [-0.2, -0.15) is 0 Å². The third-order valence-corrected chi connectivity index (χ3v) is 3.57. The first-order valence-electron chi connectivity index (χ1n) is 7.24. The molecule has 0 aliphatic heterocycles. The Balaban J connectivity index is 2.23. The Bertz CT molecular complexity index is 374. The predicted octanol–water partition coefficient (Wildman–Crippen LogP) is 2.98. The lowest BCUT2D eigenvalue weighted by Crippen LogP contribution is -2.24. The van der Waals surface area contributed by atoms with Crippen LogP contribution in [0.4, 0.5) is 0 Å². The minimum absolute atomic E-state index is 0.288. The summed E-state index contributed by atoms with van der Waals surface area (Å²) >= 11 is 0. The van der Waals surface area contributed by atoms with Crippen LogP contribution in [-0.4, -0.2) is 30.0 Å². The number of aromatic nitrogens is 1. The van der Waals surface area contributed by atoms with E-state index in [1.165, 1.54) is 19.3 Å². The molecule has 0 fully saturated rings. The average Bonchev–Trinajstić information content (AvgIpc) is 2.35. The molecule has 0 unspecified atom stereocenters. The first kappa shape index (κ1) is 16.1. The van der Waals surface area contributed by atoms with E-state index in [9.17, 15) is 0 Å². The van der Waals surface area contributed by atoms with Gasteiger partial charge in [0.2, 0.25) is 0 Å². The molecule has 1 aromatic rings. The molecule has 0 saturated heterocycles. The number of rotatable bonds is 8. The van der Waals surface area contributed by atoms with Gasteiger partial charge in [0.25, 0.3) is 0 Å². The van der Waals surface area contributed by atoms with Crippen LogP contribution in [0.25, 0.3) is 0 Å². The summed E-state index contributed by atoms with van der Waals surface area (Å²) in [6, 6.07) is 6.22. The van der Waals surface area contributed by atoms with Crippen LogP contribution in [0.1, 0.15) is 44.5 Å². The van der Waals surface area contributed by atoms with Crippen molar-refractivity contribution in [3.63, 3.8) is 0 Å². The maximum absolute atomic E-state index is 5.75. The number of nitrogens with two attached hydrogens (primary N) is 1. The summed E-state index contributed by atoms with van der Waals surface area (Å²) in [5.74, 6) is 0. The van der Waals surface area contributed by atoms with Gasteiger partial charge in [0, 0.05) is 12.2 Å². The van der Waals surface area contributed by atoms with Crippen LogP contribution in [-0.2, 0) is 6.54 Å². The summed E-state index contributed by atoms with van der Waals surface area (Å²) < 4.78 is 0. The largest absolute Gasteiger partial charge is 0.330 e. The van der Waals surface area contributed by atoms with Gasteiger partial charge < -0.3 is 10.6 Å². The number of pyridine rings is 1. The maximum Gasteiger partial charge on any atom is 0.0547 e. The van der Waals surface area contributed by atoms with E-state index in [1.807, 2.05) is 13.0 Å². The van der Waals surface area contributed by atoms with E-state index >= 15 is 0 Å². The fraction of sp³-hybridized carbons (Fsp3) is 0.688. The zero-order valence-electron chi connectivity index (χ0n) is 12.9. The molecule has 0 atom stereocenters. The summed E-state index contributed by atoms with van der Waals surface area (Å²) in [6.45, 7) is 9.35. The second-order valence-electron chi connectivity index (χ2n) is 6.33. The molecular formula is C16H29N3. The van der Waals surface area contributed by atoms with Gasteiger partial charge >= 0.3 is 0 Å². The molecule has 0 aromatic carbocycles. The van der Waals surface area contributed by atoms with Crippen molar-refractivity contribution in [1.29, 1.82) is 0 Å². The van der Waals surface area contributed by atoms with Gasteiger partial charge in [-0.05, 0) is 57.5 Å². The quantitative estimate of drug-likeness (QED) is 0.733. The second-order valence-corrected chi connectivity index (χ2v) is 6.33. The first-order valence-corrected chi connectivity index (χ1v) is 7.24. The van der Waals surface area contributed by atoms with Gasteiger partial charge in [-0.25, -0.2) is 0 Å². The maximum atomic E-state index is 5.75. The van der Waals surface area contributed by atoms with Crippen molar-refractivity contribution in [3.8, 4) is 0 Å². The van der Waals surface area contributed by atoms with E-state index in [0.717, 1.165) is 31.0 Å². The number of unbranched alkanes of at least 4 members (excludes halogenated alkanes) is 1. The van der Waals surface area contributed by atoms with Crippen molar-refractivity contribution in [1.82, 2.24) is 9.88 Å². The summed E-state index contributed by atoms with van der Waals surface area (Å²) in [4.78, 5) is 6.88. The van der Waals surface area contributed by atoms with Gasteiger partial charge in [0.05, 0.1) is 5.69 Å². The molecule has 0 aliphatic carbocycles. The Labute approximate surface area is 118 Å². The van der Waals surface area contributed by atoms with E-state index in [1.54, 1.807) is 0 Å². The highest BCUT2D eigenvalue weighted by molar-refractivity contribution is 5.09. The molecule has 19 heavy (non-hydrogen) atoms. The monoisotopic (exact) mass is 263 g/mol. The Morgan fingerprint density at radius 1 is 1.26 bits per heavy atom. The van der Waals surface area contributed by atoms with Crippen LogP contribution in [0.5, 0.6) is 0 Å². The minimum Gasteiger partial charge on any atom is -0.330 e. The van der Waals surface area contributed by atoms with Crippen molar-refractivity contribution >= 4 is 0 Å². The van der Waals surface area contributed by atoms with Crippen molar-refractivity contribution in [2.24, 2.45) is 11.1 Å². The molecule has 0 amide bonds. The Kier molecular flexibility index (Phi) is 6.46. The second kappa shape index (κ2) is 7.61. The van der Waals surface area contributed by atoms with Gasteiger partial charge in [-0.3, -0.25) is 4.98 Å². The average molecular weight is 263 g/mol. The molecule has 3 nitrogen and oxygen atoms in total. The van der Waals surface area contributed by atoms with Gasteiger partial charge in [-0.1, -0.05) is 26.3 Å². The van der Waals surface area contributed by atoms with Gasteiger partial charge in [0.1, 0.15) is 0 Å². The van der Waals surface area contributed by atoms with E-state index in [-0.39, 0.29) is 5.41 Å². The number of hydrogen-bond acceptors (Lipinski definition) is 3. The fourth-order valence-electron chi connectivity index (χ4n) is 2.13. The molecule has 3 heteroatoms. The van der Waals surface area contributed by atoms with E-state index in [4.69, 9.17) is 5.73 Å². The van der Waals surface area contributed by atoms with Crippen molar-refractivity contribution in [3.05, 3.63) is 29.6 Å². The molecule has 2 N–H and O–H groups in total. The standard InChI is InChI=1S/C16H29N3/c1-14-8-7-9-15(18-14)12-19(4)11-6-5-10-16(2,3)13-17/h7-9H,5-6,10-13,17H2,1-4H3. The fourth-order valence-corrected chi connectivity index (χ4v) is 2.13. The van der Waals surface area contributed by atoms with Crippen LogP contribution in [0.15, 0.2) is 18.2 Å². The lowest BCUT2D eigenvalue weighted by Gasteiger charge is -2.23. The highest BCUT2D eigenvalue weighted by Crippen LogP contribution is 2.21. The van der Waals surface area contributed by atoms with E-state index < -0.39 is 0 Å². The summed E-state index contributed by atoms with van der Waals surface area (Å²) in [5, 5.41) is 0. The number of hydrogen-bond donors (Lipinski definition) is 1. The predicted molar refractivity (Wildman–Crippen MR) is 82.0 cm³/mol. The summed E-state index contributed by atoms with van der Waals surface area (Å²) in [7, 11) is 2.16. The third kappa shape index (κ3) is 6.69. The Morgan fingerprint density at radius 2 is 2.00 bits per heavy atom. The van der Waals surface area contributed by atoms with Crippen LogP contribution in [0, 0.1) is 12.3 Å². The van der Waals surface area contributed by atoms with Crippen LogP contribution >= 0.6 is 0 Å². The van der Waals surface area contributed by atoms with Crippen LogP contribution in [0.2, 0.25) is 0 Å². The van der Waals surface area contributed by atoms with Gasteiger partial charge in [-0.15, -0.1) is 0 Å². The van der Waals surface area contributed by atoms with Crippen molar-refractivity contribution in [2.45, 2.75) is 46.6 Å². The molecule has 1 heterocycles. The Morgan fingerprint density at radius 3 is 2.63 bits per heavy atom. The van der Waals surface area contributed by atoms with Crippen LogP contribution < -0.4 is 5.73 Å². The van der Waals surface area contributed by atoms with Crippen molar-refractivity contribution in [2.75, 3.05) is 20.1 Å². The lowest BCUT2D eigenvalue weighted by molar-refractivity contribution is 0.287. The van der Waals surface area contributed by atoms with E-state index in [2.05, 4.69) is 42.9 Å². The SMILES string of the molecule is Cc1cccc(CN(C)CCCCC(C)(C)CN)n1. The molecule has 0 radical (unpaired) electrons. The molecule has 0 spiro atoms. The lowest BCUT2D eigenvalue weighted by atomic mass is 9.87. The highest BCUT2D eigenvalue weighted by atomic mass is 15.1. The molecule has 0 aliphatic rings. The molecule has 0 saturated carbocycles. The zero-order valence-corrected chi connectivity index (χ0v) is 12.9. The summed E-state index contributed by atoms with van der Waals surface area (Å²) in [6.07, 6.45) is 3.68.